The van der Waals surface area contributed by atoms with Crippen molar-refractivity contribution in [3.8, 4) is 11.5 Å². The van der Waals surface area contributed by atoms with Crippen molar-refractivity contribution in [1.29, 1.82) is 0 Å². The second kappa shape index (κ2) is 8.27. The first-order valence-electron chi connectivity index (χ1n) is 9.08. The number of hydrogen-bond donors (Lipinski definition) is 2. The topological polar surface area (TPSA) is 120 Å². The lowest BCUT2D eigenvalue weighted by Gasteiger charge is -2.11. The fourth-order valence-corrected chi connectivity index (χ4v) is 3.18. The number of nitrogens with zero attached hydrogens (tertiary/aromatic N) is 4. The highest BCUT2D eigenvalue weighted by molar-refractivity contribution is 6.10. The van der Waals surface area contributed by atoms with Crippen LogP contribution in [0.2, 0.25) is 0 Å². The number of methoxy groups -OCH3 is 2. The number of anilines is 1. The molecule has 1 amide bonds. The van der Waals surface area contributed by atoms with Crippen molar-refractivity contribution in [2.24, 2.45) is 7.05 Å². The smallest absolute Gasteiger partial charge is 0.357 e. The van der Waals surface area contributed by atoms with Crippen molar-refractivity contribution < 1.29 is 24.2 Å². The number of carbonyl (C=O) groups excluding carboxylic acids is 1. The van der Waals surface area contributed by atoms with Crippen LogP contribution in [0.3, 0.4) is 0 Å². The third kappa shape index (κ3) is 3.97. The standard InChI is InChI=1S/C20H23N5O5/c1-11-17(21-19(26)14-10-24(3)23-18(14)20(27)28)12(2)25(22-11)9-13-6-7-15(29-4)16(8-13)30-5/h6-8,10H,9H2,1-5H3,(H,21,26)(H,27,28). The summed E-state index contributed by atoms with van der Waals surface area (Å²) in [6.45, 7) is 4.06. The fraction of sp³-hybridized carbons (Fsp3) is 0.300. The first kappa shape index (κ1) is 20.9. The normalized spacial score (nSPS) is 10.7. The zero-order valence-electron chi connectivity index (χ0n) is 17.4. The van der Waals surface area contributed by atoms with Gasteiger partial charge in [0.1, 0.15) is 0 Å². The second-order valence-corrected chi connectivity index (χ2v) is 6.72. The van der Waals surface area contributed by atoms with Crippen LogP contribution in [0.15, 0.2) is 24.4 Å². The Bertz CT molecular complexity index is 1120. The first-order valence-corrected chi connectivity index (χ1v) is 9.08. The van der Waals surface area contributed by atoms with Crippen LogP contribution in [0, 0.1) is 13.8 Å². The van der Waals surface area contributed by atoms with Crippen molar-refractivity contribution in [1.82, 2.24) is 19.6 Å². The summed E-state index contributed by atoms with van der Waals surface area (Å²) in [7, 11) is 4.70. The third-order valence-corrected chi connectivity index (χ3v) is 4.68. The van der Waals surface area contributed by atoms with Crippen molar-refractivity contribution in [3.05, 3.63) is 52.6 Å². The molecule has 2 heterocycles. The molecule has 10 heteroatoms. The number of carbonyl (C=O) groups is 2. The van der Waals surface area contributed by atoms with E-state index < -0.39 is 11.9 Å². The summed E-state index contributed by atoms with van der Waals surface area (Å²) in [5.41, 5.74) is 2.50. The summed E-state index contributed by atoms with van der Waals surface area (Å²) in [5.74, 6) is -0.577. The lowest BCUT2D eigenvalue weighted by molar-refractivity contribution is 0.0685. The van der Waals surface area contributed by atoms with E-state index in [1.807, 2.05) is 25.1 Å². The summed E-state index contributed by atoms with van der Waals surface area (Å²) in [4.78, 5) is 24.0. The molecule has 0 saturated carbocycles. The number of benzene rings is 1. The molecule has 0 aliphatic carbocycles. The number of nitrogens with one attached hydrogen (secondary N) is 1. The van der Waals surface area contributed by atoms with E-state index in [0.717, 1.165) is 11.3 Å². The van der Waals surface area contributed by atoms with Gasteiger partial charge in [0, 0.05) is 13.2 Å². The number of ether oxygens (including phenoxy) is 2. The van der Waals surface area contributed by atoms with Gasteiger partial charge in [-0.2, -0.15) is 10.2 Å². The minimum absolute atomic E-state index is 0.0172. The Kier molecular flexibility index (Phi) is 5.77. The molecule has 158 valence electrons. The number of aromatic nitrogens is 4. The number of amides is 1. The maximum Gasteiger partial charge on any atom is 0.357 e. The van der Waals surface area contributed by atoms with E-state index in [0.29, 0.717) is 29.4 Å². The average Bonchev–Trinajstić information content (AvgIpc) is 3.23. The van der Waals surface area contributed by atoms with Gasteiger partial charge in [-0.1, -0.05) is 6.07 Å². The molecule has 2 aromatic heterocycles. The predicted molar refractivity (Wildman–Crippen MR) is 108 cm³/mol. The Morgan fingerprint density at radius 3 is 2.47 bits per heavy atom. The number of carboxylic acids is 1. The van der Waals surface area contributed by atoms with Gasteiger partial charge in [0.2, 0.25) is 0 Å². The molecule has 1 aromatic carbocycles. The molecular weight excluding hydrogens is 390 g/mol. The van der Waals surface area contributed by atoms with Gasteiger partial charge in [0.05, 0.1) is 43.4 Å². The number of rotatable bonds is 7. The Hall–Kier alpha value is -3.82. The van der Waals surface area contributed by atoms with Gasteiger partial charge in [0.15, 0.2) is 17.2 Å². The molecule has 0 fully saturated rings. The van der Waals surface area contributed by atoms with Gasteiger partial charge in [-0.05, 0) is 31.5 Å². The largest absolute Gasteiger partial charge is 0.493 e. The molecule has 0 atom stereocenters. The molecule has 10 nitrogen and oxygen atoms in total. The van der Waals surface area contributed by atoms with E-state index in [1.54, 1.807) is 32.9 Å². The molecule has 3 aromatic rings. The lowest BCUT2D eigenvalue weighted by Crippen LogP contribution is -2.16. The third-order valence-electron chi connectivity index (χ3n) is 4.68. The van der Waals surface area contributed by atoms with Gasteiger partial charge in [0.25, 0.3) is 5.91 Å². The van der Waals surface area contributed by atoms with Crippen LogP contribution in [0.1, 0.15) is 37.8 Å². The van der Waals surface area contributed by atoms with E-state index in [2.05, 4.69) is 15.5 Å². The summed E-state index contributed by atoms with van der Waals surface area (Å²) in [6, 6.07) is 5.59. The van der Waals surface area contributed by atoms with Crippen molar-refractivity contribution >= 4 is 17.6 Å². The average molecular weight is 413 g/mol. The summed E-state index contributed by atoms with van der Waals surface area (Å²) in [5, 5.41) is 20.4. The van der Waals surface area contributed by atoms with Crippen LogP contribution >= 0.6 is 0 Å². The van der Waals surface area contributed by atoms with Crippen LogP contribution in [-0.4, -0.2) is 50.8 Å². The highest BCUT2D eigenvalue weighted by Gasteiger charge is 2.23. The number of aromatic carboxylic acids is 1. The minimum Gasteiger partial charge on any atom is -0.493 e. The summed E-state index contributed by atoms with van der Waals surface area (Å²) in [6.07, 6.45) is 1.37. The van der Waals surface area contributed by atoms with Crippen LogP contribution < -0.4 is 14.8 Å². The second-order valence-electron chi connectivity index (χ2n) is 6.72. The molecule has 30 heavy (non-hydrogen) atoms. The van der Waals surface area contributed by atoms with E-state index in [9.17, 15) is 14.7 Å². The monoisotopic (exact) mass is 413 g/mol. The molecule has 3 rings (SSSR count). The Morgan fingerprint density at radius 1 is 1.13 bits per heavy atom. The van der Waals surface area contributed by atoms with Crippen molar-refractivity contribution in [2.75, 3.05) is 19.5 Å². The van der Waals surface area contributed by atoms with Gasteiger partial charge in [-0.3, -0.25) is 14.2 Å². The quantitative estimate of drug-likeness (QED) is 0.609. The molecular formula is C20H23N5O5. The van der Waals surface area contributed by atoms with Crippen LogP contribution in [0.5, 0.6) is 11.5 Å². The maximum absolute atomic E-state index is 12.7. The predicted octanol–water partition coefficient (Wildman–Crippen LogP) is 2.25. The number of carboxylic acid groups (broad SMARTS) is 1. The molecule has 0 radical (unpaired) electrons. The number of hydrogen-bond acceptors (Lipinski definition) is 6. The van der Waals surface area contributed by atoms with Gasteiger partial charge in [-0.15, -0.1) is 0 Å². The van der Waals surface area contributed by atoms with E-state index in [-0.39, 0.29) is 11.3 Å². The van der Waals surface area contributed by atoms with Gasteiger partial charge < -0.3 is 19.9 Å². The van der Waals surface area contributed by atoms with Crippen LogP contribution in [0.4, 0.5) is 5.69 Å². The molecule has 2 N–H and O–H groups in total. The number of aryl methyl sites for hydroxylation is 2. The zero-order valence-corrected chi connectivity index (χ0v) is 17.4. The fourth-order valence-electron chi connectivity index (χ4n) is 3.18. The Morgan fingerprint density at radius 2 is 1.83 bits per heavy atom. The van der Waals surface area contributed by atoms with Crippen molar-refractivity contribution in [2.45, 2.75) is 20.4 Å². The zero-order chi connectivity index (χ0) is 22.0. The molecule has 0 bridgehead atoms. The molecule has 0 unspecified atom stereocenters. The van der Waals surface area contributed by atoms with Gasteiger partial charge >= 0.3 is 5.97 Å². The van der Waals surface area contributed by atoms with Crippen LogP contribution in [-0.2, 0) is 13.6 Å². The molecule has 0 aliphatic heterocycles. The Balaban J connectivity index is 1.86. The van der Waals surface area contributed by atoms with Crippen molar-refractivity contribution in [3.63, 3.8) is 0 Å². The molecule has 0 spiro atoms. The summed E-state index contributed by atoms with van der Waals surface area (Å²) >= 11 is 0. The Labute approximate surface area is 173 Å². The van der Waals surface area contributed by atoms with Gasteiger partial charge in [-0.25, -0.2) is 4.79 Å². The molecule has 0 aliphatic rings. The van der Waals surface area contributed by atoms with E-state index >= 15 is 0 Å². The maximum atomic E-state index is 12.7. The summed E-state index contributed by atoms with van der Waals surface area (Å²) < 4.78 is 13.6. The highest BCUT2D eigenvalue weighted by atomic mass is 16.5. The van der Waals surface area contributed by atoms with E-state index in [1.165, 1.54) is 10.9 Å². The SMILES string of the molecule is COc1ccc(Cn2nc(C)c(NC(=O)c3cn(C)nc3C(=O)O)c2C)cc1OC. The lowest BCUT2D eigenvalue weighted by atomic mass is 10.2. The van der Waals surface area contributed by atoms with E-state index in [4.69, 9.17) is 9.47 Å². The molecule has 0 saturated heterocycles. The first-order chi connectivity index (χ1) is 14.2. The van der Waals surface area contributed by atoms with Crippen LogP contribution in [0.25, 0.3) is 0 Å². The minimum atomic E-state index is -1.27. The highest BCUT2D eigenvalue weighted by Crippen LogP contribution is 2.29.